The summed E-state index contributed by atoms with van der Waals surface area (Å²) < 4.78 is 10.2. The number of nitrogens with zero attached hydrogens (tertiary/aromatic N) is 1. The first-order valence-electron chi connectivity index (χ1n) is 8.74. The van der Waals surface area contributed by atoms with Crippen molar-refractivity contribution in [3.63, 3.8) is 0 Å². The molecule has 1 aliphatic rings. The molecule has 1 atom stereocenters. The van der Waals surface area contributed by atoms with Crippen LogP contribution in [-0.2, 0) is 19.1 Å². The van der Waals surface area contributed by atoms with Crippen LogP contribution in [0.25, 0.3) is 0 Å². The van der Waals surface area contributed by atoms with Gasteiger partial charge < -0.3 is 19.7 Å². The summed E-state index contributed by atoms with van der Waals surface area (Å²) in [6, 6.07) is 11.8. The van der Waals surface area contributed by atoms with E-state index in [0.717, 1.165) is 0 Å². The van der Waals surface area contributed by atoms with Crippen molar-refractivity contribution < 1.29 is 23.9 Å². The molecule has 0 aromatic heterocycles. The van der Waals surface area contributed by atoms with Gasteiger partial charge in [0, 0.05) is 24.7 Å². The summed E-state index contributed by atoms with van der Waals surface area (Å²) in [5.41, 5.74) is 0.957. The highest BCUT2D eigenvalue weighted by atomic mass is 35.5. The third kappa shape index (κ3) is 4.99. The lowest BCUT2D eigenvalue weighted by atomic mass is 10.1. The Bertz CT molecular complexity index is 950. The first kappa shape index (κ1) is 21.0. The average molecular weight is 437 g/mol. The second kappa shape index (κ2) is 9.15. The van der Waals surface area contributed by atoms with Crippen LogP contribution in [0.4, 0.5) is 11.4 Å². The third-order valence-electron chi connectivity index (χ3n) is 4.39. The molecular formula is C20H18Cl2N2O5. The molecule has 152 valence electrons. The highest BCUT2D eigenvalue weighted by Gasteiger charge is 2.36. The predicted octanol–water partition coefficient (Wildman–Crippen LogP) is 3.54. The van der Waals surface area contributed by atoms with Gasteiger partial charge in [-0.2, -0.15) is 0 Å². The van der Waals surface area contributed by atoms with Crippen molar-refractivity contribution in [2.45, 2.75) is 6.42 Å². The normalized spacial score (nSPS) is 15.9. The Kier molecular flexibility index (Phi) is 6.61. The SMILES string of the molecule is COc1cccc(N2C[C@@H](C(=O)OCC(=O)Nc3cccc(Cl)c3Cl)CC2=O)c1. The zero-order valence-electron chi connectivity index (χ0n) is 15.5. The maximum Gasteiger partial charge on any atom is 0.311 e. The standard InChI is InChI=1S/C20H18Cl2N2O5/c1-28-14-5-2-4-13(9-14)24-10-12(8-18(24)26)20(27)29-11-17(25)23-16-7-3-6-15(21)19(16)22/h2-7,9,12H,8,10-11H2,1H3,(H,23,25)/t12-/m0/s1. The number of hydrogen-bond acceptors (Lipinski definition) is 5. The number of benzene rings is 2. The molecule has 0 saturated carbocycles. The molecule has 1 saturated heterocycles. The van der Waals surface area contributed by atoms with Crippen LogP contribution in [0, 0.1) is 5.92 Å². The maximum atomic E-state index is 12.3. The van der Waals surface area contributed by atoms with E-state index in [9.17, 15) is 14.4 Å². The molecule has 1 fully saturated rings. The topological polar surface area (TPSA) is 84.9 Å². The van der Waals surface area contributed by atoms with E-state index in [1.165, 1.54) is 12.0 Å². The summed E-state index contributed by atoms with van der Waals surface area (Å²) >= 11 is 11.9. The monoisotopic (exact) mass is 436 g/mol. The molecule has 7 nitrogen and oxygen atoms in total. The van der Waals surface area contributed by atoms with E-state index in [1.54, 1.807) is 42.5 Å². The summed E-state index contributed by atoms with van der Waals surface area (Å²) in [5.74, 6) is -1.42. The molecule has 1 aliphatic heterocycles. The van der Waals surface area contributed by atoms with E-state index in [4.69, 9.17) is 32.7 Å². The highest BCUT2D eigenvalue weighted by Crippen LogP contribution is 2.30. The van der Waals surface area contributed by atoms with Gasteiger partial charge in [0.1, 0.15) is 5.75 Å². The summed E-state index contributed by atoms with van der Waals surface area (Å²) in [4.78, 5) is 38.2. The van der Waals surface area contributed by atoms with Crippen molar-refractivity contribution in [2.24, 2.45) is 5.92 Å². The Hall–Kier alpha value is -2.77. The molecule has 0 radical (unpaired) electrons. The van der Waals surface area contributed by atoms with Gasteiger partial charge in [-0.05, 0) is 24.3 Å². The quantitative estimate of drug-likeness (QED) is 0.699. The lowest BCUT2D eigenvalue weighted by Gasteiger charge is -2.17. The highest BCUT2D eigenvalue weighted by molar-refractivity contribution is 6.44. The Labute approximate surface area is 177 Å². The Balaban J connectivity index is 1.55. The van der Waals surface area contributed by atoms with Crippen molar-refractivity contribution in [1.29, 1.82) is 0 Å². The lowest BCUT2D eigenvalue weighted by molar-refractivity contribution is -0.151. The molecule has 0 unspecified atom stereocenters. The molecule has 0 bridgehead atoms. The van der Waals surface area contributed by atoms with Gasteiger partial charge in [-0.15, -0.1) is 0 Å². The van der Waals surface area contributed by atoms with Crippen LogP contribution >= 0.6 is 23.2 Å². The van der Waals surface area contributed by atoms with Gasteiger partial charge in [-0.1, -0.05) is 35.3 Å². The van der Waals surface area contributed by atoms with Gasteiger partial charge in [0.15, 0.2) is 6.61 Å². The largest absolute Gasteiger partial charge is 0.497 e. The van der Waals surface area contributed by atoms with Crippen LogP contribution in [0.15, 0.2) is 42.5 Å². The fourth-order valence-corrected chi connectivity index (χ4v) is 3.28. The number of carbonyl (C=O) groups is 3. The van der Waals surface area contributed by atoms with E-state index in [0.29, 0.717) is 22.1 Å². The number of nitrogens with one attached hydrogen (secondary N) is 1. The van der Waals surface area contributed by atoms with E-state index >= 15 is 0 Å². The number of ether oxygens (including phenoxy) is 2. The molecule has 3 rings (SSSR count). The van der Waals surface area contributed by atoms with Gasteiger partial charge in [0.05, 0.1) is 28.8 Å². The fourth-order valence-electron chi connectivity index (χ4n) is 2.93. The molecule has 2 amide bonds. The molecular weight excluding hydrogens is 419 g/mol. The molecule has 1 heterocycles. The molecule has 29 heavy (non-hydrogen) atoms. The number of esters is 1. The van der Waals surface area contributed by atoms with Crippen LogP contribution in [0.1, 0.15) is 6.42 Å². The average Bonchev–Trinajstić information content (AvgIpc) is 3.11. The Morgan fingerprint density at radius 2 is 1.97 bits per heavy atom. The van der Waals surface area contributed by atoms with Gasteiger partial charge in [0.2, 0.25) is 5.91 Å². The van der Waals surface area contributed by atoms with E-state index in [1.807, 2.05) is 0 Å². The zero-order valence-corrected chi connectivity index (χ0v) is 17.0. The first-order valence-corrected chi connectivity index (χ1v) is 9.49. The van der Waals surface area contributed by atoms with Crippen LogP contribution in [0.5, 0.6) is 5.75 Å². The van der Waals surface area contributed by atoms with Gasteiger partial charge in [0.25, 0.3) is 5.91 Å². The Morgan fingerprint density at radius 3 is 2.72 bits per heavy atom. The number of anilines is 2. The molecule has 0 aliphatic carbocycles. The molecule has 9 heteroatoms. The number of rotatable bonds is 6. The molecule has 0 spiro atoms. The summed E-state index contributed by atoms with van der Waals surface area (Å²) in [5, 5.41) is 3.02. The van der Waals surface area contributed by atoms with Crippen molar-refractivity contribution in [3.8, 4) is 5.75 Å². The number of carbonyl (C=O) groups excluding carboxylic acids is 3. The van der Waals surface area contributed by atoms with Crippen molar-refractivity contribution in [2.75, 3.05) is 30.5 Å². The second-order valence-corrected chi connectivity index (χ2v) is 7.15. The minimum atomic E-state index is -0.656. The predicted molar refractivity (Wildman–Crippen MR) is 110 cm³/mol. The fraction of sp³-hybridized carbons (Fsp3) is 0.250. The van der Waals surface area contributed by atoms with Crippen molar-refractivity contribution >= 4 is 52.4 Å². The minimum Gasteiger partial charge on any atom is -0.497 e. The Morgan fingerprint density at radius 1 is 1.21 bits per heavy atom. The van der Waals surface area contributed by atoms with Crippen LogP contribution in [0.3, 0.4) is 0 Å². The van der Waals surface area contributed by atoms with Gasteiger partial charge >= 0.3 is 5.97 Å². The van der Waals surface area contributed by atoms with Crippen LogP contribution in [-0.4, -0.2) is 38.0 Å². The first-order chi connectivity index (χ1) is 13.9. The van der Waals surface area contributed by atoms with E-state index in [2.05, 4.69) is 5.32 Å². The minimum absolute atomic E-state index is 0.0117. The van der Waals surface area contributed by atoms with Crippen LogP contribution in [0.2, 0.25) is 10.0 Å². The molecule has 2 aromatic rings. The maximum absolute atomic E-state index is 12.3. The lowest BCUT2D eigenvalue weighted by Crippen LogP contribution is -2.28. The third-order valence-corrected chi connectivity index (χ3v) is 5.21. The van der Waals surface area contributed by atoms with Gasteiger partial charge in [-0.25, -0.2) is 0 Å². The molecule has 2 aromatic carbocycles. The zero-order chi connectivity index (χ0) is 21.0. The summed E-state index contributed by atoms with van der Waals surface area (Å²) in [6.45, 7) is -0.321. The van der Waals surface area contributed by atoms with Crippen molar-refractivity contribution in [3.05, 3.63) is 52.5 Å². The molecule has 1 N–H and O–H groups in total. The van der Waals surface area contributed by atoms with E-state index in [-0.39, 0.29) is 23.9 Å². The van der Waals surface area contributed by atoms with E-state index < -0.39 is 24.4 Å². The van der Waals surface area contributed by atoms with Crippen LogP contribution < -0.4 is 15.0 Å². The van der Waals surface area contributed by atoms with Gasteiger partial charge in [-0.3, -0.25) is 14.4 Å². The number of hydrogen-bond donors (Lipinski definition) is 1. The van der Waals surface area contributed by atoms with Crippen molar-refractivity contribution in [1.82, 2.24) is 0 Å². The summed E-state index contributed by atoms with van der Waals surface area (Å²) in [6.07, 6.45) is 0.0117. The smallest absolute Gasteiger partial charge is 0.311 e. The summed E-state index contributed by atoms with van der Waals surface area (Å²) in [7, 11) is 1.53. The number of halogens is 2. The number of amides is 2. The second-order valence-electron chi connectivity index (χ2n) is 6.36. The number of methoxy groups -OCH3 is 1.